The van der Waals surface area contributed by atoms with Crippen molar-refractivity contribution in [3.8, 4) is 0 Å². The van der Waals surface area contributed by atoms with E-state index in [1.807, 2.05) is 0 Å². The normalized spacial score (nSPS) is 18.7. The molecular formula is C11H15Cl2N3. The maximum Gasteiger partial charge on any atom is 0.147 e. The Bertz CT molecular complexity index is 400. The Balaban J connectivity index is 2.24. The minimum absolute atomic E-state index is 0.0803. The predicted octanol–water partition coefficient (Wildman–Crippen LogP) is 3.72. The van der Waals surface area contributed by atoms with Crippen molar-refractivity contribution in [3.05, 3.63) is 16.1 Å². The van der Waals surface area contributed by atoms with Crippen LogP contribution in [0.4, 0.5) is 11.6 Å². The van der Waals surface area contributed by atoms with Crippen LogP contribution < -0.4 is 11.1 Å². The first kappa shape index (κ1) is 11.8. The fourth-order valence-electron chi connectivity index (χ4n) is 2.13. The predicted molar refractivity (Wildman–Crippen MR) is 69.2 cm³/mol. The number of nitrogens with zero attached hydrogens (tertiary/aromatic N) is 1. The van der Waals surface area contributed by atoms with Gasteiger partial charge in [-0.3, -0.25) is 0 Å². The summed E-state index contributed by atoms with van der Waals surface area (Å²) in [5.74, 6) is 0.947. The molecule has 1 aromatic rings. The summed E-state index contributed by atoms with van der Waals surface area (Å²) in [6, 6.07) is 1.63. The molecule has 0 bridgehead atoms. The Kier molecular flexibility index (Phi) is 3.17. The average Bonchev–Trinajstić information content (AvgIpc) is 2.62. The molecule has 5 heteroatoms. The van der Waals surface area contributed by atoms with Gasteiger partial charge in [0.2, 0.25) is 0 Å². The van der Waals surface area contributed by atoms with E-state index in [1.54, 1.807) is 6.07 Å². The third-order valence-corrected chi connectivity index (χ3v) is 3.67. The molecule has 1 heterocycles. The second-order valence-corrected chi connectivity index (χ2v) is 5.39. The van der Waals surface area contributed by atoms with Gasteiger partial charge in [-0.2, -0.15) is 0 Å². The topological polar surface area (TPSA) is 50.9 Å². The smallest absolute Gasteiger partial charge is 0.147 e. The lowest BCUT2D eigenvalue weighted by Crippen LogP contribution is -2.31. The van der Waals surface area contributed by atoms with Crippen molar-refractivity contribution in [2.24, 2.45) is 0 Å². The summed E-state index contributed by atoms with van der Waals surface area (Å²) in [7, 11) is 0. The molecule has 3 N–H and O–H groups in total. The largest absolute Gasteiger partial charge is 0.382 e. The molecule has 0 amide bonds. The number of nitrogens with two attached hydrogens (primary N) is 1. The zero-order valence-corrected chi connectivity index (χ0v) is 10.7. The summed E-state index contributed by atoms with van der Waals surface area (Å²) < 4.78 is 0. The molecule has 0 unspecified atom stereocenters. The Hall–Kier alpha value is -0.670. The summed E-state index contributed by atoms with van der Waals surface area (Å²) in [6.45, 7) is 2.18. The van der Waals surface area contributed by atoms with E-state index in [2.05, 4.69) is 17.2 Å². The van der Waals surface area contributed by atoms with Gasteiger partial charge >= 0.3 is 0 Å². The molecule has 0 atom stereocenters. The number of anilines is 2. The van der Waals surface area contributed by atoms with Crippen LogP contribution in [0.1, 0.15) is 32.6 Å². The fourth-order valence-corrected chi connectivity index (χ4v) is 2.54. The van der Waals surface area contributed by atoms with E-state index in [9.17, 15) is 0 Å². The van der Waals surface area contributed by atoms with E-state index in [0.29, 0.717) is 21.7 Å². The van der Waals surface area contributed by atoms with Gasteiger partial charge in [0.25, 0.3) is 0 Å². The highest BCUT2D eigenvalue weighted by Crippen LogP contribution is 2.35. The Morgan fingerprint density at radius 1 is 1.31 bits per heavy atom. The number of nitrogen functional groups attached to an aromatic ring is 1. The van der Waals surface area contributed by atoms with Crippen LogP contribution in [0.15, 0.2) is 6.07 Å². The lowest BCUT2D eigenvalue weighted by Gasteiger charge is -2.26. The van der Waals surface area contributed by atoms with Crippen molar-refractivity contribution in [1.82, 2.24) is 4.98 Å². The monoisotopic (exact) mass is 259 g/mol. The molecule has 0 aromatic carbocycles. The number of nitrogens with one attached hydrogen (secondary N) is 1. The SMILES string of the molecule is CC1(Nc2nc(N)c(Cl)cc2Cl)CCCC1. The first-order valence-corrected chi connectivity index (χ1v) is 6.15. The maximum atomic E-state index is 6.08. The summed E-state index contributed by atoms with van der Waals surface area (Å²) in [6.07, 6.45) is 4.75. The number of hydrogen-bond donors (Lipinski definition) is 2. The van der Waals surface area contributed by atoms with E-state index in [4.69, 9.17) is 28.9 Å². The van der Waals surface area contributed by atoms with Crippen LogP contribution in [0.3, 0.4) is 0 Å². The van der Waals surface area contributed by atoms with Crippen molar-refractivity contribution in [3.63, 3.8) is 0 Å². The number of hydrogen-bond acceptors (Lipinski definition) is 3. The summed E-state index contributed by atoms with van der Waals surface area (Å²) in [4.78, 5) is 4.18. The van der Waals surface area contributed by atoms with E-state index in [-0.39, 0.29) is 5.54 Å². The highest BCUT2D eigenvalue weighted by molar-refractivity contribution is 6.37. The van der Waals surface area contributed by atoms with Gasteiger partial charge in [0.15, 0.2) is 0 Å². The Morgan fingerprint density at radius 2 is 1.94 bits per heavy atom. The molecule has 0 aliphatic heterocycles. The third kappa shape index (κ3) is 2.36. The number of rotatable bonds is 2. The second kappa shape index (κ2) is 4.30. The number of halogens is 2. The second-order valence-electron chi connectivity index (χ2n) is 4.58. The lowest BCUT2D eigenvalue weighted by molar-refractivity contribution is 0.531. The maximum absolute atomic E-state index is 6.08. The van der Waals surface area contributed by atoms with E-state index in [1.165, 1.54) is 12.8 Å². The number of aromatic nitrogens is 1. The molecule has 1 fully saturated rings. The summed E-state index contributed by atoms with van der Waals surface area (Å²) >= 11 is 11.9. The van der Waals surface area contributed by atoms with Gasteiger partial charge in [-0.05, 0) is 25.8 Å². The molecule has 0 spiro atoms. The van der Waals surface area contributed by atoms with Gasteiger partial charge in [-0.1, -0.05) is 36.0 Å². The molecule has 0 radical (unpaired) electrons. The van der Waals surface area contributed by atoms with Crippen LogP contribution in [0, 0.1) is 0 Å². The highest BCUT2D eigenvalue weighted by atomic mass is 35.5. The molecule has 0 saturated heterocycles. The molecule has 1 aromatic heterocycles. The van der Waals surface area contributed by atoms with Gasteiger partial charge in [-0.25, -0.2) is 4.98 Å². The minimum atomic E-state index is 0.0803. The molecular weight excluding hydrogens is 245 g/mol. The van der Waals surface area contributed by atoms with Crippen molar-refractivity contribution >= 4 is 34.8 Å². The first-order chi connectivity index (χ1) is 7.50. The van der Waals surface area contributed by atoms with Crippen LogP contribution >= 0.6 is 23.2 Å². The molecule has 1 aliphatic rings. The van der Waals surface area contributed by atoms with Gasteiger partial charge in [0.05, 0.1) is 10.0 Å². The van der Waals surface area contributed by atoms with Crippen molar-refractivity contribution in [2.45, 2.75) is 38.1 Å². The van der Waals surface area contributed by atoms with E-state index in [0.717, 1.165) is 12.8 Å². The van der Waals surface area contributed by atoms with Crippen molar-refractivity contribution < 1.29 is 0 Å². The van der Waals surface area contributed by atoms with Crippen LogP contribution in [0.25, 0.3) is 0 Å². The van der Waals surface area contributed by atoms with Crippen LogP contribution in [0.5, 0.6) is 0 Å². The molecule has 1 aliphatic carbocycles. The minimum Gasteiger partial charge on any atom is -0.382 e. The van der Waals surface area contributed by atoms with E-state index < -0.39 is 0 Å². The standard InChI is InChI=1S/C11H15Cl2N3/c1-11(4-2-3-5-11)16-10-8(13)6-7(12)9(14)15-10/h6H,2-5H2,1H3,(H3,14,15,16). The van der Waals surface area contributed by atoms with Crippen molar-refractivity contribution in [2.75, 3.05) is 11.1 Å². The average molecular weight is 260 g/mol. The quantitative estimate of drug-likeness (QED) is 0.852. The summed E-state index contributed by atoms with van der Waals surface area (Å²) in [5.41, 5.74) is 5.75. The van der Waals surface area contributed by atoms with Gasteiger partial charge in [0, 0.05) is 5.54 Å². The molecule has 1 saturated carbocycles. The first-order valence-electron chi connectivity index (χ1n) is 5.40. The zero-order chi connectivity index (χ0) is 11.8. The fraction of sp³-hybridized carbons (Fsp3) is 0.545. The Labute approximate surface area is 105 Å². The highest BCUT2D eigenvalue weighted by Gasteiger charge is 2.29. The lowest BCUT2D eigenvalue weighted by atomic mass is 10.0. The van der Waals surface area contributed by atoms with Crippen LogP contribution in [-0.2, 0) is 0 Å². The molecule has 16 heavy (non-hydrogen) atoms. The summed E-state index contributed by atoms with van der Waals surface area (Å²) in [5, 5.41) is 4.29. The van der Waals surface area contributed by atoms with Gasteiger partial charge in [-0.15, -0.1) is 0 Å². The van der Waals surface area contributed by atoms with E-state index >= 15 is 0 Å². The number of pyridine rings is 1. The molecule has 88 valence electrons. The van der Waals surface area contributed by atoms with Crippen LogP contribution in [-0.4, -0.2) is 10.5 Å². The van der Waals surface area contributed by atoms with Crippen molar-refractivity contribution in [1.29, 1.82) is 0 Å². The Morgan fingerprint density at radius 3 is 2.56 bits per heavy atom. The third-order valence-electron chi connectivity index (χ3n) is 3.08. The van der Waals surface area contributed by atoms with Gasteiger partial charge < -0.3 is 11.1 Å². The van der Waals surface area contributed by atoms with Crippen LogP contribution in [0.2, 0.25) is 10.0 Å². The molecule has 2 rings (SSSR count). The zero-order valence-electron chi connectivity index (χ0n) is 9.19. The molecule has 3 nitrogen and oxygen atoms in total. The van der Waals surface area contributed by atoms with Gasteiger partial charge in [0.1, 0.15) is 11.6 Å².